The van der Waals surface area contributed by atoms with Gasteiger partial charge in [-0.3, -0.25) is 4.79 Å². The molecule has 150 valence electrons. The summed E-state index contributed by atoms with van der Waals surface area (Å²) in [6.45, 7) is 4.15. The number of hydrogen-bond acceptors (Lipinski definition) is 5. The molecule has 0 bridgehead atoms. The lowest BCUT2D eigenvalue weighted by atomic mass is 10.00. The summed E-state index contributed by atoms with van der Waals surface area (Å²) in [5.74, 6) is -0.364. The summed E-state index contributed by atoms with van der Waals surface area (Å²) in [6.07, 6.45) is 1.83. The van der Waals surface area contributed by atoms with Crippen LogP contribution in [-0.4, -0.2) is 24.2 Å². The van der Waals surface area contributed by atoms with Crippen LogP contribution >= 0.6 is 0 Å². The number of esters is 1. The van der Waals surface area contributed by atoms with Crippen LogP contribution in [0.5, 0.6) is 0 Å². The molecule has 2 N–H and O–H groups in total. The SMILES string of the molecule is CCOC(=O)c1ccc(Nc2cc(-c3cccc(NC)c3C)cn(C)c2=O)cc1. The van der Waals surface area contributed by atoms with Gasteiger partial charge in [-0.2, -0.15) is 0 Å². The fourth-order valence-corrected chi connectivity index (χ4v) is 3.23. The minimum absolute atomic E-state index is 0.134. The summed E-state index contributed by atoms with van der Waals surface area (Å²) in [7, 11) is 3.62. The van der Waals surface area contributed by atoms with Crippen molar-refractivity contribution in [1.82, 2.24) is 4.57 Å². The van der Waals surface area contributed by atoms with E-state index in [0.717, 1.165) is 22.4 Å². The third kappa shape index (κ3) is 4.32. The van der Waals surface area contributed by atoms with Crippen molar-refractivity contribution in [3.8, 4) is 11.1 Å². The molecule has 6 nitrogen and oxygen atoms in total. The lowest BCUT2D eigenvalue weighted by molar-refractivity contribution is 0.0526. The monoisotopic (exact) mass is 391 g/mol. The average Bonchev–Trinajstić information content (AvgIpc) is 2.72. The average molecular weight is 391 g/mol. The fourth-order valence-electron chi connectivity index (χ4n) is 3.23. The van der Waals surface area contributed by atoms with E-state index in [1.165, 1.54) is 0 Å². The number of aromatic nitrogens is 1. The van der Waals surface area contributed by atoms with E-state index >= 15 is 0 Å². The molecule has 1 aromatic heterocycles. The van der Waals surface area contributed by atoms with Crippen molar-refractivity contribution < 1.29 is 9.53 Å². The Morgan fingerprint density at radius 2 is 1.83 bits per heavy atom. The molecule has 0 spiro atoms. The van der Waals surface area contributed by atoms with Gasteiger partial charge in [-0.05, 0) is 61.4 Å². The molecule has 0 atom stereocenters. The maximum atomic E-state index is 12.6. The summed E-state index contributed by atoms with van der Waals surface area (Å²) >= 11 is 0. The molecule has 3 rings (SSSR count). The van der Waals surface area contributed by atoms with Gasteiger partial charge in [0.2, 0.25) is 0 Å². The zero-order valence-electron chi connectivity index (χ0n) is 17.1. The molecule has 0 aliphatic carbocycles. The predicted octanol–water partition coefficient (Wildman–Crippen LogP) is 4.32. The van der Waals surface area contributed by atoms with Crippen molar-refractivity contribution in [2.45, 2.75) is 13.8 Å². The highest BCUT2D eigenvalue weighted by Crippen LogP contribution is 2.29. The van der Waals surface area contributed by atoms with E-state index < -0.39 is 0 Å². The number of carbonyl (C=O) groups is 1. The molecule has 29 heavy (non-hydrogen) atoms. The maximum absolute atomic E-state index is 12.6. The van der Waals surface area contributed by atoms with Gasteiger partial charge < -0.3 is 19.9 Å². The summed E-state index contributed by atoms with van der Waals surface area (Å²) in [6, 6.07) is 14.8. The van der Waals surface area contributed by atoms with E-state index in [4.69, 9.17) is 4.74 Å². The third-order valence-corrected chi connectivity index (χ3v) is 4.77. The van der Waals surface area contributed by atoms with Crippen LogP contribution in [0.25, 0.3) is 11.1 Å². The van der Waals surface area contributed by atoms with E-state index in [1.807, 2.05) is 44.4 Å². The molecule has 1 heterocycles. The lowest BCUT2D eigenvalue weighted by Crippen LogP contribution is -2.19. The Balaban J connectivity index is 1.95. The largest absolute Gasteiger partial charge is 0.462 e. The Labute approximate surface area is 170 Å². The van der Waals surface area contributed by atoms with Crippen molar-refractivity contribution in [3.05, 3.63) is 76.2 Å². The van der Waals surface area contributed by atoms with E-state index in [9.17, 15) is 9.59 Å². The summed E-state index contributed by atoms with van der Waals surface area (Å²) < 4.78 is 6.56. The molecule has 6 heteroatoms. The lowest BCUT2D eigenvalue weighted by Gasteiger charge is -2.14. The van der Waals surface area contributed by atoms with E-state index in [1.54, 1.807) is 42.8 Å². The molecule has 0 unspecified atom stereocenters. The van der Waals surface area contributed by atoms with Gasteiger partial charge in [-0.25, -0.2) is 4.79 Å². The van der Waals surface area contributed by atoms with E-state index in [-0.39, 0.29) is 11.5 Å². The van der Waals surface area contributed by atoms with Gasteiger partial charge in [0.25, 0.3) is 5.56 Å². The van der Waals surface area contributed by atoms with Crippen LogP contribution in [0, 0.1) is 6.92 Å². The molecule has 0 amide bonds. The minimum Gasteiger partial charge on any atom is -0.462 e. The molecule has 0 aliphatic heterocycles. The Hall–Kier alpha value is -3.54. The number of rotatable bonds is 6. The van der Waals surface area contributed by atoms with E-state index in [0.29, 0.717) is 23.5 Å². The van der Waals surface area contributed by atoms with Gasteiger partial charge in [0, 0.05) is 37.2 Å². The van der Waals surface area contributed by atoms with Gasteiger partial charge in [-0.15, -0.1) is 0 Å². The molecule has 0 radical (unpaired) electrons. The number of ether oxygens (including phenoxy) is 1. The van der Waals surface area contributed by atoms with Crippen molar-refractivity contribution in [2.24, 2.45) is 7.05 Å². The first-order valence-corrected chi connectivity index (χ1v) is 9.47. The first-order chi connectivity index (χ1) is 13.9. The van der Waals surface area contributed by atoms with Gasteiger partial charge in [0.05, 0.1) is 12.2 Å². The number of aryl methyl sites for hydroxylation is 1. The van der Waals surface area contributed by atoms with Crippen LogP contribution in [0.15, 0.2) is 59.5 Å². The molecule has 3 aromatic rings. The number of benzene rings is 2. The van der Waals surface area contributed by atoms with Crippen LogP contribution in [0.2, 0.25) is 0 Å². The quantitative estimate of drug-likeness (QED) is 0.612. The fraction of sp³-hybridized carbons (Fsp3) is 0.217. The predicted molar refractivity (Wildman–Crippen MR) is 117 cm³/mol. The number of nitrogens with zero attached hydrogens (tertiary/aromatic N) is 1. The summed E-state index contributed by atoms with van der Waals surface area (Å²) in [4.78, 5) is 24.4. The summed E-state index contributed by atoms with van der Waals surface area (Å²) in [5, 5.41) is 6.36. The number of pyridine rings is 1. The molecule has 0 fully saturated rings. The van der Waals surface area contributed by atoms with Gasteiger partial charge in [-0.1, -0.05) is 12.1 Å². The number of anilines is 3. The van der Waals surface area contributed by atoms with Crippen molar-refractivity contribution in [2.75, 3.05) is 24.3 Å². The number of carbonyl (C=O) groups excluding carboxylic acids is 1. The van der Waals surface area contributed by atoms with Gasteiger partial charge >= 0.3 is 5.97 Å². The standard InChI is InChI=1S/C23H25N3O3/c1-5-29-23(28)16-9-11-18(12-10-16)25-21-13-17(14-26(4)22(21)27)19-7-6-8-20(24-3)15(19)2/h6-14,24-25H,5H2,1-4H3. The Morgan fingerprint density at radius 3 is 2.48 bits per heavy atom. The normalized spacial score (nSPS) is 10.5. The molecule has 0 saturated heterocycles. The summed E-state index contributed by atoms with van der Waals surface area (Å²) in [5.41, 5.74) is 5.65. The second-order valence-corrected chi connectivity index (χ2v) is 6.71. The zero-order chi connectivity index (χ0) is 21.0. The number of hydrogen-bond donors (Lipinski definition) is 2. The zero-order valence-corrected chi connectivity index (χ0v) is 17.1. The molecule has 0 saturated carbocycles. The minimum atomic E-state index is -0.364. The second-order valence-electron chi connectivity index (χ2n) is 6.71. The Morgan fingerprint density at radius 1 is 1.10 bits per heavy atom. The highest BCUT2D eigenvalue weighted by Gasteiger charge is 2.11. The van der Waals surface area contributed by atoms with Crippen LogP contribution < -0.4 is 16.2 Å². The van der Waals surface area contributed by atoms with Crippen LogP contribution in [-0.2, 0) is 11.8 Å². The topological polar surface area (TPSA) is 72.4 Å². The van der Waals surface area contributed by atoms with E-state index in [2.05, 4.69) is 10.6 Å². The van der Waals surface area contributed by atoms with Crippen LogP contribution in [0.1, 0.15) is 22.8 Å². The smallest absolute Gasteiger partial charge is 0.338 e. The molecular formula is C23H25N3O3. The molecule has 2 aromatic carbocycles. The van der Waals surface area contributed by atoms with Crippen molar-refractivity contribution >= 4 is 23.0 Å². The van der Waals surface area contributed by atoms with Crippen molar-refractivity contribution in [1.29, 1.82) is 0 Å². The third-order valence-electron chi connectivity index (χ3n) is 4.77. The molecular weight excluding hydrogens is 366 g/mol. The van der Waals surface area contributed by atoms with Crippen LogP contribution in [0.4, 0.5) is 17.1 Å². The maximum Gasteiger partial charge on any atom is 0.338 e. The second kappa shape index (κ2) is 8.65. The highest BCUT2D eigenvalue weighted by atomic mass is 16.5. The van der Waals surface area contributed by atoms with Gasteiger partial charge in [0.15, 0.2) is 0 Å². The first kappa shape index (κ1) is 20.2. The highest BCUT2D eigenvalue weighted by molar-refractivity contribution is 5.90. The Bertz CT molecular complexity index is 1090. The number of nitrogens with one attached hydrogen (secondary N) is 2. The van der Waals surface area contributed by atoms with Gasteiger partial charge in [0.1, 0.15) is 5.69 Å². The first-order valence-electron chi connectivity index (χ1n) is 9.47. The molecule has 0 aliphatic rings. The Kier molecular flexibility index (Phi) is 6.02. The van der Waals surface area contributed by atoms with Crippen molar-refractivity contribution in [3.63, 3.8) is 0 Å². The van der Waals surface area contributed by atoms with Crippen LogP contribution in [0.3, 0.4) is 0 Å².